The summed E-state index contributed by atoms with van der Waals surface area (Å²) in [4.78, 5) is 15.8. The molecule has 0 aromatic carbocycles. The Bertz CT molecular complexity index is 561. The van der Waals surface area contributed by atoms with Gasteiger partial charge in [0.05, 0.1) is 0 Å². The molecule has 0 aliphatic rings. The molecule has 2 aromatic heterocycles. The smallest absolute Gasteiger partial charge is 0.254 e. The molecule has 16 heavy (non-hydrogen) atoms. The molecule has 0 N–H and O–H groups in total. The minimum absolute atomic E-state index is 0.241. The first-order chi connectivity index (χ1) is 7.75. The molecule has 0 amide bonds. The van der Waals surface area contributed by atoms with Crippen molar-refractivity contribution in [3.8, 4) is 11.8 Å². The average molecular weight is 227 g/mol. The van der Waals surface area contributed by atoms with Gasteiger partial charge in [-0.25, -0.2) is 4.98 Å². The number of pyridine rings is 1. The number of hydrogen-bond acceptors (Lipinski definition) is 3. The van der Waals surface area contributed by atoms with Crippen LogP contribution in [0.15, 0.2) is 35.0 Å². The summed E-state index contributed by atoms with van der Waals surface area (Å²) >= 11 is 1.56. The highest BCUT2D eigenvalue weighted by Gasteiger charge is 2.02. The van der Waals surface area contributed by atoms with E-state index in [0.29, 0.717) is 5.69 Å². The quantitative estimate of drug-likeness (QED) is 0.554. The Balaban J connectivity index is 2.21. The predicted octanol–water partition coefficient (Wildman–Crippen LogP) is 2.69. The topological polar surface area (TPSA) is 30.0 Å². The van der Waals surface area contributed by atoms with Gasteiger partial charge in [-0.2, -0.15) is 11.3 Å². The first-order valence-corrected chi connectivity index (χ1v) is 5.72. The molecule has 2 heterocycles. The van der Waals surface area contributed by atoms with Crippen molar-refractivity contribution >= 4 is 17.1 Å². The second kappa shape index (κ2) is 4.73. The van der Waals surface area contributed by atoms with E-state index < -0.39 is 0 Å². The fourth-order valence-electron chi connectivity index (χ4n) is 1.20. The van der Waals surface area contributed by atoms with E-state index in [-0.39, 0.29) is 5.78 Å². The fourth-order valence-corrected chi connectivity index (χ4v) is 1.79. The second-order valence-electron chi connectivity index (χ2n) is 3.26. The molecule has 3 heteroatoms. The summed E-state index contributed by atoms with van der Waals surface area (Å²) in [7, 11) is 0. The molecule has 0 saturated carbocycles. The van der Waals surface area contributed by atoms with Crippen molar-refractivity contribution < 1.29 is 4.79 Å². The third-order valence-corrected chi connectivity index (χ3v) is 2.65. The monoisotopic (exact) mass is 227 g/mol. The van der Waals surface area contributed by atoms with Crippen molar-refractivity contribution in [1.29, 1.82) is 0 Å². The van der Waals surface area contributed by atoms with E-state index in [4.69, 9.17) is 0 Å². The maximum atomic E-state index is 11.7. The third-order valence-electron chi connectivity index (χ3n) is 1.96. The van der Waals surface area contributed by atoms with Crippen LogP contribution < -0.4 is 0 Å². The van der Waals surface area contributed by atoms with Gasteiger partial charge in [-0.15, -0.1) is 0 Å². The van der Waals surface area contributed by atoms with Crippen molar-refractivity contribution in [1.82, 2.24) is 4.98 Å². The molecule has 0 fully saturated rings. The van der Waals surface area contributed by atoms with E-state index in [2.05, 4.69) is 16.8 Å². The van der Waals surface area contributed by atoms with Crippen LogP contribution in [0.1, 0.15) is 21.7 Å². The molecule has 0 unspecified atom stereocenters. The highest BCUT2D eigenvalue weighted by molar-refractivity contribution is 7.08. The van der Waals surface area contributed by atoms with Gasteiger partial charge in [-0.1, -0.05) is 12.0 Å². The summed E-state index contributed by atoms with van der Waals surface area (Å²) in [6.45, 7) is 1.85. The summed E-state index contributed by atoms with van der Waals surface area (Å²) in [6.07, 6.45) is 0. The van der Waals surface area contributed by atoms with E-state index in [1.807, 2.05) is 35.9 Å². The van der Waals surface area contributed by atoms with Gasteiger partial charge in [0, 0.05) is 16.6 Å². The normalized spacial score (nSPS) is 9.31. The molecular formula is C13H9NOS. The Morgan fingerprint density at radius 2 is 2.25 bits per heavy atom. The Morgan fingerprint density at radius 3 is 2.94 bits per heavy atom. The molecule has 2 aromatic rings. The molecular weight excluding hydrogens is 218 g/mol. The van der Waals surface area contributed by atoms with Crippen LogP contribution in [0.25, 0.3) is 0 Å². The van der Waals surface area contributed by atoms with E-state index >= 15 is 0 Å². The standard InChI is InChI=1S/C13H9NOS/c1-10-3-2-4-12(14-10)13(15)6-5-11-7-8-16-9-11/h2-4,7-9H,1H3. The maximum Gasteiger partial charge on any atom is 0.254 e. The largest absolute Gasteiger partial charge is 0.277 e. The summed E-state index contributed by atoms with van der Waals surface area (Å²) in [5, 5.41) is 3.84. The van der Waals surface area contributed by atoms with Crippen molar-refractivity contribution in [2.45, 2.75) is 6.92 Å². The van der Waals surface area contributed by atoms with Gasteiger partial charge in [0.2, 0.25) is 0 Å². The van der Waals surface area contributed by atoms with Gasteiger partial charge < -0.3 is 0 Å². The first kappa shape index (κ1) is 10.6. The number of carbonyl (C=O) groups is 1. The minimum atomic E-state index is -0.241. The molecule has 2 rings (SSSR count). The lowest BCUT2D eigenvalue weighted by atomic mass is 10.2. The molecule has 0 spiro atoms. The number of rotatable bonds is 1. The molecule has 0 aliphatic heterocycles. The summed E-state index contributed by atoms with van der Waals surface area (Å²) < 4.78 is 0. The van der Waals surface area contributed by atoms with E-state index in [9.17, 15) is 4.79 Å². The lowest BCUT2D eigenvalue weighted by molar-refractivity contribution is 0.105. The number of Topliss-reactive ketones (excluding diaryl/α,β-unsaturated/α-hetero) is 1. The molecule has 78 valence electrons. The summed E-state index contributed by atoms with van der Waals surface area (Å²) in [5.74, 6) is 5.16. The molecule has 2 nitrogen and oxygen atoms in total. The lowest BCUT2D eigenvalue weighted by Gasteiger charge is -1.94. The number of aryl methyl sites for hydroxylation is 1. The molecule has 0 aliphatic carbocycles. The highest BCUT2D eigenvalue weighted by Crippen LogP contribution is 2.04. The van der Waals surface area contributed by atoms with Gasteiger partial charge in [0.15, 0.2) is 0 Å². The van der Waals surface area contributed by atoms with Crippen molar-refractivity contribution in [3.05, 3.63) is 52.0 Å². The fraction of sp³-hybridized carbons (Fsp3) is 0.0769. The molecule has 0 bridgehead atoms. The molecule has 0 atom stereocenters. The second-order valence-corrected chi connectivity index (χ2v) is 4.04. The van der Waals surface area contributed by atoms with Crippen LogP contribution in [-0.4, -0.2) is 10.8 Å². The predicted molar refractivity (Wildman–Crippen MR) is 64.5 cm³/mol. The SMILES string of the molecule is Cc1cccc(C(=O)C#Cc2ccsc2)n1. The van der Waals surface area contributed by atoms with Gasteiger partial charge in [0.25, 0.3) is 5.78 Å². The molecule has 0 saturated heterocycles. The number of carbonyl (C=O) groups excluding carboxylic acids is 1. The van der Waals surface area contributed by atoms with Gasteiger partial charge in [0.1, 0.15) is 5.69 Å². The van der Waals surface area contributed by atoms with E-state index in [1.54, 1.807) is 17.4 Å². The zero-order valence-corrected chi connectivity index (χ0v) is 9.54. The van der Waals surface area contributed by atoms with Crippen LogP contribution >= 0.6 is 11.3 Å². The van der Waals surface area contributed by atoms with Crippen LogP contribution in [-0.2, 0) is 0 Å². The average Bonchev–Trinajstić information content (AvgIpc) is 2.78. The number of thiophene rings is 1. The Morgan fingerprint density at radius 1 is 1.38 bits per heavy atom. The van der Waals surface area contributed by atoms with Crippen LogP contribution in [0.2, 0.25) is 0 Å². The van der Waals surface area contributed by atoms with Crippen LogP contribution in [0.3, 0.4) is 0 Å². The third kappa shape index (κ3) is 2.56. The maximum absolute atomic E-state index is 11.7. The van der Waals surface area contributed by atoms with Crippen LogP contribution in [0.4, 0.5) is 0 Å². The Kier molecular flexibility index (Phi) is 3.13. The van der Waals surface area contributed by atoms with Crippen molar-refractivity contribution in [3.63, 3.8) is 0 Å². The van der Waals surface area contributed by atoms with Crippen LogP contribution in [0, 0.1) is 18.8 Å². The first-order valence-electron chi connectivity index (χ1n) is 4.78. The lowest BCUT2D eigenvalue weighted by Crippen LogP contribution is -1.99. The minimum Gasteiger partial charge on any atom is -0.277 e. The van der Waals surface area contributed by atoms with E-state index in [1.165, 1.54) is 0 Å². The Hall–Kier alpha value is -1.92. The zero-order valence-electron chi connectivity index (χ0n) is 8.73. The van der Waals surface area contributed by atoms with Gasteiger partial charge >= 0.3 is 0 Å². The number of hydrogen-bond donors (Lipinski definition) is 0. The van der Waals surface area contributed by atoms with E-state index in [0.717, 1.165) is 11.3 Å². The van der Waals surface area contributed by atoms with Crippen molar-refractivity contribution in [2.75, 3.05) is 0 Å². The Labute approximate surface area is 98.0 Å². The zero-order chi connectivity index (χ0) is 11.4. The number of ketones is 1. The number of nitrogens with zero attached hydrogens (tertiary/aromatic N) is 1. The number of aromatic nitrogens is 1. The van der Waals surface area contributed by atoms with Gasteiger partial charge in [-0.3, -0.25) is 4.79 Å². The highest BCUT2D eigenvalue weighted by atomic mass is 32.1. The summed E-state index contributed by atoms with van der Waals surface area (Å²) in [5.41, 5.74) is 2.09. The summed E-state index contributed by atoms with van der Waals surface area (Å²) in [6, 6.07) is 7.22. The van der Waals surface area contributed by atoms with Gasteiger partial charge in [-0.05, 0) is 36.4 Å². The van der Waals surface area contributed by atoms with Crippen LogP contribution in [0.5, 0.6) is 0 Å². The molecule has 0 radical (unpaired) electrons. The van der Waals surface area contributed by atoms with Crippen molar-refractivity contribution in [2.24, 2.45) is 0 Å².